The molecule has 1 heterocycles. The number of thiophene rings is 1. The highest BCUT2D eigenvalue weighted by atomic mass is 127. The second-order valence-corrected chi connectivity index (χ2v) is 3.98. The predicted molar refractivity (Wildman–Crippen MR) is 82.7 cm³/mol. The lowest BCUT2D eigenvalue weighted by molar-refractivity contribution is 0.863. The first-order chi connectivity index (χ1) is 7.36. The zero-order valence-electron chi connectivity index (χ0n) is 9.40. The lowest BCUT2D eigenvalue weighted by Crippen LogP contribution is -2.37. The van der Waals surface area contributed by atoms with Crippen molar-refractivity contribution in [3.05, 3.63) is 35.0 Å². The lowest BCUT2D eigenvalue weighted by atomic mass is 10.5. The molecule has 2 N–H and O–H groups in total. The summed E-state index contributed by atoms with van der Waals surface area (Å²) < 4.78 is 0. The molecule has 0 bridgehead atoms. The van der Waals surface area contributed by atoms with Crippen molar-refractivity contribution < 1.29 is 0 Å². The first-order valence-corrected chi connectivity index (χ1v) is 5.90. The van der Waals surface area contributed by atoms with Crippen molar-refractivity contribution in [3.63, 3.8) is 0 Å². The summed E-state index contributed by atoms with van der Waals surface area (Å²) >= 11 is 1.72. The minimum atomic E-state index is 0. The van der Waals surface area contributed by atoms with Gasteiger partial charge in [-0.3, -0.25) is 0 Å². The van der Waals surface area contributed by atoms with E-state index < -0.39 is 0 Å². The molecule has 0 radical (unpaired) electrons. The molecule has 0 fully saturated rings. The third-order valence-corrected chi connectivity index (χ3v) is 2.59. The van der Waals surface area contributed by atoms with Gasteiger partial charge in [-0.1, -0.05) is 12.1 Å². The average molecular weight is 351 g/mol. The molecule has 5 heteroatoms. The van der Waals surface area contributed by atoms with Gasteiger partial charge in [-0.25, -0.2) is 4.99 Å². The van der Waals surface area contributed by atoms with E-state index in [9.17, 15) is 0 Å². The van der Waals surface area contributed by atoms with Gasteiger partial charge in [-0.2, -0.15) is 0 Å². The predicted octanol–water partition coefficient (Wildman–Crippen LogP) is 2.61. The molecule has 1 aromatic rings. The van der Waals surface area contributed by atoms with Crippen molar-refractivity contribution in [1.29, 1.82) is 0 Å². The Balaban J connectivity index is 0.00000225. The van der Waals surface area contributed by atoms with Crippen LogP contribution < -0.4 is 10.6 Å². The van der Waals surface area contributed by atoms with Crippen LogP contribution in [-0.2, 0) is 6.54 Å². The number of nitrogens with zero attached hydrogens (tertiary/aromatic N) is 1. The summed E-state index contributed by atoms with van der Waals surface area (Å²) in [6, 6.07) is 4.13. The van der Waals surface area contributed by atoms with Crippen LogP contribution in [0, 0.1) is 0 Å². The molecular weight excluding hydrogens is 333 g/mol. The molecule has 0 aliphatic rings. The van der Waals surface area contributed by atoms with Gasteiger partial charge in [0.1, 0.15) is 0 Å². The molecule has 0 aliphatic carbocycles. The van der Waals surface area contributed by atoms with E-state index in [1.54, 1.807) is 11.3 Å². The number of nitrogens with one attached hydrogen (secondary N) is 2. The molecule has 0 atom stereocenters. The van der Waals surface area contributed by atoms with Crippen molar-refractivity contribution >= 4 is 41.3 Å². The van der Waals surface area contributed by atoms with E-state index >= 15 is 0 Å². The van der Waals surface area contributed by atoms with E-state index in [1.807, 2.05) is 12.1 Å². The maximum Gasteiger partial charge on any atom is 0.191 e. The third-order valence-electron chi connectivity index (χ3n) is 1.73. The van der Waals surface area contributed by atoms with Gasteiger partial charge in [0.15, 0.2) is 5.96 Å². The monoisotopic (exact) mass is 351 g/mol. The molecule has 3 nitrogen and oxygen atoms in total. The molecule has 0 spiro atoms. The Labute approximate surface area is 118 Å². The van der Waals surface area contributed by atoms with Gasteiger partial charge in [0.2, 0.25) is 0 Å². The van der Waals surface area contributed by atoms with Crippen molar-refractivity contribution in [2.24, 2.45) is 4.99 Å². The Morgan fingerprint density at radius 2 is 2.38 bits per heavy atom. The maximum atomic E-state index is 4.45. The van der Waals surface area contributed by atoms with Gasteiger partial charge >= 0.3 is 0 Å². The lowest BCUT2D eigenvalue weighted by Gasteiger charge is -2.08. The summed E-state index contributed by atoms with van der Waals surface area (Å²) in [5, 5.41) is 8.40. The SMILES string of the molecule is C=CCNC(=NCc1cccs1)NCC.I. The molecule has 1 aromatic heterocycles. The highest BCUT2D eigenvalue weighted by Crippen LogP contribution is 2.09. The van der Waals surface area contributed by atoms with E-state index in [2.05, 4.69) is 40.6 Å². The quantitative estimate of drug-likeness (QED) is 0.370. The molecule has 0 amide bonds. The van der Waals surface area contributed by atoms with Crippen molar-refractivity contribution in [3.8, 4) is 0 Å². The minimum Gasteiger partial charge on any atom is -0.357 e. The highest BCUT2D eigenvalue weighted by Gasteiger charge is 1.95. The first kappa shape index (κ1) is 15.4. The number of hydrogen-bond acceptors (Lipinski definition) is 2. The Morgan fingerprint density at radius 3 is 2.94 bits per heavy atom. The minimum absolute atomic E-state index is 0. The number of guanidine groups is 1. The average Bonchev–Trinajstić information content (AvgIpc) is 2.75. The fourth-order valence-electron chi connectivity index (χ4n) is 1.07. The van der Waals surface area contributed by atoms with Crippen LogP contribution in [0.2, 0.25) is 0 Å². The molecule has 0 aliphatic heterocycles. The van der Waals surface area contributed by atoms with Crippen LogP contribution in [0.25, 0.3) is 0 Å². The van der Waals surface area contributed by atoms with Gasteiger partial charge in [0.05, 0.1) is 6.54 Å². The van der Waals surface area contributed by atoms with Gasteiger partial charge in [-0.15, -0.1) is 41.9 Å². The maximum absolute atomic E-state index is 4.45. The second-order valence-electron chi connectivity index (χ2n) is 2.94. The van der Waals surface area contributed by atoms with E-state index in [1.165, 1.54) is 4.88 Å². The summed E-state index contributed by atoms with van der Waals surface area (Å²) in [7, 11) is 0. The smallest absolute Gasteiger partial charge is 0.191 e. The van der Waals surface area contributed by atoms with Crippen LogP contribution in [0.5, 0.6) is 0 Å². The molecule has 16 heavy (non-hydrogen) atoms. The Kier molecular flexibility index (Phi) is 9.31. The van der Waals surface area contributed by atoms with Crippen LogP contribution >= 0.6 is 35.3 Å². The Bertz CT molecular complexity index is 309. The standard InChI is InChI=1S/C11H17N3S.HI/c1-3-7-13-11(12-4-2)14-9-10-6-5-8-15-10;/h3,5-6,8H,1,4,7,9H2,2H3,(H2,12,13,14);1H. The van der Waals surface area contributed by atoms with Crippen LogP contribution in [-0.4, -0.2) is 19.0 Å². The number of halogens is 1. The Hall–Kier alpha value is -0.560. The summed E-state index contributed by atoms with van der Waals surface area (Å²) in [6.45, 7) is 8.04. The van der Waals surface area contributed by atoms with Gasteiger partial charge < -0.3 is 10.6 Å². The largest absolute Gasteiger partial charge is 0.357 e. The topological polar surface area (TPSA) is 36.4 Å². The van der Waals surface area contributed by atoms with Gasteiger partial charge in [0.25, 0.3) is 0 Å². The molecule has 0 saturated heterocycles. The number of rotatable bonds is 5. The van der Waals surface area contributed by atoms with Gasteiger partial charge in [0, 0.05) is 18.0 Å². The Morgan fingerprint density at radius 1 is 1.56 bits per heavy atom. The van der Waals surface area contributed by atoms with E-state index in [0.29, 0.717) is 0 Å². The first-order valence-electron chi connectivity index (χ1n) is 5.02. The number of hydrogen-bond donors (Lipinski definition) is 2. The third kappa shape index (κ3) is 6.12. The summed E-state index contributed by atoms with van der Waals surface area (Å²) in [4.78, 5) is 5.72. The van der Waals surface area contributed by atoms with Crippen LogP contribution in [0.15, 0.2) is 35.2 Å². The molecular formula is C11H18IN3S. The van der Waals surface area contributed by atoms with Crippen LogP contribution in [0.4, 0.5) is 0 Å². The van der Waals surface area contributed by atoms with Crippen molar-refractivity contribution in [2.45, 2.75) is 13.5 Å². The fourth-order valence-corrected chi connectivity index (χ4v) is 1.70. The molecule has 0 saturated carbocycles. The van der Waals surface area contributed by atoms with Crippen molar-refractivity contribution in [2.75, 3.05) is 13.1 Å². The second kappa shape index (κ2) is 9.65. The summed E-state index contributed by atoms with van der Waals surface area (Å²) in [5.41, 5.74) is 0. The number of aliphatic imine (C=N–C) groups is 1. The molecule has 90 valence electrons. The van der Waals surface area contributed by atoms with E-state index in [-0.39, 0.29) is 24.0 Å². The highest BCUT2D eigenvalue weighted by molar-refractivity contribution is 14.0. The molecule has 1 rings (SSSR count). The fraction of sp³-hybridized carbons (Fsp3) is 0.364. The van der Waals surface area contributed by atoms with E-state index in [4.69, 9.17) is 0 Å². The summed E-state index contributed by atoms with van der Waals surface area (Å²) in [6.07, 6.45) is 1.82. The molecule has 0 unspecified atom stereocenters. The van der Waals surface area contributed by atoms with Gasteiger partial charge in [-0.05, 0) is 18.4 Å². The van der Waals surface area contributed by atoms with E-state index in [0.717, 1.165) is 25.6 Å². The molecule has 0 aromatic carbocycles. The normalized spacial score (nSPS) is 10.4. The van der Waals surface area contributed by atoms with Crippen LogP contribution in [0.1, 0.15) is 11.8 Å². The summed E-state index contributed by atoms with van der Waals surface area (Å²) in [5.74, 6) is 0.839. The zero-order chi connectivity index (χ0) is 10.9. The van der Waals surface area contributed by atoms with Crippen molar-refractivity contribution in [1.82, 2.24) is 10.6 Å². The zero-order valence-corrected chi connectivity index (χ0v) is 12.5. The van der Waals surface area contributed by atoms with Crippen LogP contribution in [0.3, 0.4) is 0 Å².